The summed E-state index contributed by atoms with van der Waals surface area (Å²) in [4.78, 5) is 0. The van der Waals surface area contributed by atoms with E-state index in [1.165, 1.54) is 21.7 Å². The van der Waals surface area contributed by atoms with Crippen molar-refractivity contribution in [3.8, 4) is 0 Å². The van der Waals surface area contributed by atoms with Crippen molar-refractivity contribution in [2.45, 2.75) is 12.8 Å². The Hall–Kier alpha value is 1.42. The minimum absolute atomic E-state index is 0.578. The summed E-state index contributed by atoms with van der Waals surface area (Å²) in [5.74, 6) is 0. The van der Waals surface area contributed by atoms with E-state index in [1.807, 2.05) is 0 Å². The average molecular weight is 378 g/mol. The predicted octanol–water partition coefficient (Wildman–Crippen LogP) is 2.65. The van der Waals surface area contributed by atoms with Gasteiger partial charge in [0.1, 0.15) is 0 Å². The lowest BCUT2D eigenvalue weighted by Crippen LogP contribution is -2.52. The summed E-state index contributed by atoms with van der Waals surface area (Å²) in [6.07, 6.45) is 2.80. The van der Waals surface area contributed by atoms with Crippen LogP contribution in [0.4, 0.5) is 0 Å². The molecule has 0 aromatic rings. The molecule has 0 aromatic heterocycles. The molecule has 0 bridgehead atoms. The van der Waals surface area contributed by atoms with Gasteiger partial charge in [0.15, 0.2) is 0 Å². The molecular formula is C8H12I2O. The Morgan fingerprint density at radius 2 is 1.45 bits per heavy atom. The highest BCUT2D eigenvalue weighted by atomic mass is 127. The van der Waals surface area contributed by atoms with Crippen molar-refractivity contribution in [2.75, 3.05) is 22.1 Å². The second-order valence-corrected chi connectivity index (χ2v) is 5.35. The van der Waals surface area contributed by atoms with Crippen molar-refractivity contribution >= 4 is 45.2 Å². The van der Waals surface area contributed by atoms with Gasteiger partial charge in [0.05, 0.1) is 13.2 Å². The second kappa shape index (κ2) is 2.97. The SMILES string of the molecule is ICC12CCC1(CI)COC2. The van der Waals surface area contributed by atoms with Crippen LogP contribution in [0, 0.1) is 10.8 Å². The molecule has 0 radical (unpaired) electrons. The van der Waals surface area contributed by atoms with Gasteiger partial charge in [0.25, 0.3) is 0 Å². The minimum atomic E-state index is 0.578. The first-order valence-corrected chi connectivity index (χ1v) is 7.03. The van der Waals surface area contributed by atoms with E-state index in [2.05, 4.69) is 45.2 Å². The molecule has 2 fully saturated rings. The largest absolute Gasteiger partial charge is 0.380 e. The molecule has 1 saturated carbocycles. The van der Waals surface area contributed by atoms with Gasteiger partial charge in [-0.15, -0.1) is 0 Å². The molecular weight excluding hydrogens is 366 g/mol. The van der Waals surface area contributed by atoms with Crippen molar-refractivity contribution in [3.63, 3.8) is 0 Å². The van der Waals surface area contributed by atoms with Crippen LogP contribution < -0.4 is 0 Å². The van der Waals surface area contributed by atoms with Crippen molar-refractivity contribution in [1.29, 1.82) is 0 Å². The number of hydrogen-bond donors (Lipinski definition) is 0. The van der Waals surface area contributed by atoms with Gasteiger partial charge in [0.2, 0.25) is 0 Å². The van der Waals surface area contributed by atoms with E-state index in [1.54, 1.807) is 0 Å². The normalized spacial score (nSPS) is 48.5. The highest BCUT2D eigenvalue weighted by molar-refractivity contribution is 14.1. The van der Waals surface area contributed by atoms with E-state index < -0.39 is 0 Å². The molecule has 0 spiro atoms. The smallest absolute Gasteiger partial charge is 0.0536 e. The molecule has 0 N–H and O–H groups in total. The van der Waals surface area contributed by atoms with Crippen LogP contribution in [0.5, 0.6) is 0 Å². The van der Waals surface area contributed by atoms with E-state index in [9.17, 15) is 0 Å². The van der Waals surface area contributed by atoms with E-state index in [0.29, 0.717) is 10.8 Å². The van der Waals surface area contributed by atoms with Crippen LogP contribution in [0.15, 0.2) is 0 Å². The maximum absolute atomic E-state index is 5.61. The number of hydrogen-bond acceptors (Lipinski definition) is 1. The van der Waals surface area contributed by atoms with Gasteiger partial charge in [-0.1, -0.05) is 45.2 Å². The Kier molecular flexibility index (Phi) is 2.43. The molecule has 11 heavy (non-hydrogen) atoms. The number of rotatable bonds is 2. The molecule has 2 aliphatic rings. The minimum Gasteiger partial charge on any atom is -0.380 e. The molecule has 1 nitrogen and oxygen atoms in total. The number of alkyl halides is 2. The van der Waals surface area contributed by atoms with Crippen molar-refractivity contribution < 1.29 is 4.74 Å². The molecule has 2 unspecified atom stereocenters. The standard InChI is InChI=1S/C8H12I2O/c9-3-7-1-2-8(7,4-10)6-11-5-7/h1-6H2. The summed E-state index contributed by atoms with van der Waals surface area (Å²) in [5, 5.41) is 0. The number of halogens is 2. The lowest BCUT2D eigenvalue weighted by atomic mass is 9.53. The molecule has 0 amide bonds. The Morgan fingerprint density at radius 3 is 1.73 bits per heavy atom. The highest BCUT2D eigenvalue weighted by Gasteiger charge is 2.61. The quantitative estimate of drug-likeness (QED) is 0.531. The van der Waals surface area contributed by atoms with Crippen molar-refractivity contribution in [3.05, 3.63) is 0 Å². The van der Waals surface area contributed by atoms with Gasteiger partial charge < -0.3 is 4.74 Å². The Bertz CT molecular complexity index is 147. The molecule has 2 rings (SSSR count). The number of fused-ring (bicyclic) bond motifs is 1. The summed E-state index contributed by atoms with van der Waals surface area (Å²) >= 11 is 5.05. The van der Waals surface area contributed by atoms with Crippen molar-refractivity contribution in [2.24, 2.45) is 10.8 Å². The maximum atomic E-state index is 5.61. The Balaban J connectivity index is 2.21. The first kappa shape index (κ1) is 8.99. The highest BCUT2D eigenvalue weighted by Crippen LogP contribution is 2.62. The van der Waals surface area contributed by atoms with Crippen LogP contribution in [0.3, 0.4) is 0 Å². The fraction of sp³-hybridized carbons (Fsp3) is 1.00. The Labute approximate surface area is 94.9 Å². The number of ether oxygens (including phenoxy) is 1. The Morgan fingerprint density at radius 1 is 1.00 bits per heavy atom. The monoisotopic (exact) mass is 378 g/mol. The summed E-state index contributed by atoms with van der Waals surface area (Å²) in [5.41, 5.74) is 1.16. The zero-order valence-corrected chi connectivity index (χ0v) is 10.7. The van der Waals surface area contributed by atoms with Gasteiger partial charge >= 0.3 is 0 Å². The van der Waals surface area contributed by atoms with E-state index in [0.717, 1.165) is 13.2 Å². The summed E-state index contributed by atoms with van der Waals surface area (Å²) in [6, 6.07) is 0. The second-order valence-electron chi connectivity index (χ2n) is 3.82. The fourth-order valence-electron chi connectivity index (χ4n) is 2.22. The summed E-state index contributed by atoms with van der Waals surface area (Å²) in [7, 11) is 0. The summed E-state index contributed by atoms with van der Waals surface area (Å²) < 4.78 is 8.18. The molecule has 64 valence electrons. The molecule has 1 heterocycles. The van der Waals surface area contributed by atoms with Crippen LogP contribution in [0.2, 0.25) is 0 Å². The molecule has 2 atom stereocenters. The van der Waals surface area contributed by atoms with E-state index in [-0.39, 0.29) is 0 Å². The molecule has 3 heteroatoms. The molecule has 1 aliphatic heterocycles. The van der Waals surface area contributed by atoms with Gasteiger partial charge in [-0.25, -0.2) is 0 Å². The van der Waals surface area contributed by atoms with E-state index >= 15 is 0 Å². The maximum Gasteiger partial charge on any atom is 0.0536 e. The summed E-state index contributed by atoms with van der Waals surface area (Å²) in [6.45, 7) is 2.05. The third kappa shape index (κ3) is 1.03. The average Bonchev–Trinajstić information content (AvgIpc) is 2.26. The predicted molar refractivity (Wildman–Crippen MR) is 62.7 cm³/mol. The molecule has 1 saturated heterocycles. The van der Waals surface area contributed by atoms with Crippen LogP contribution >= 0.6 is 45.2 Å². The fourth-order valence-corrected chi connectivity index (χ4v) is 5.04. The third-order valence-corrected chi connectivity index (χ3v) is 6.40. The van der Waals surface area contributed by atoms with Crippen LogP contribution in [-0.4, -0.2) is 22.1 Å². The zero-order valence-electron chi connectivity index (χ0n) is 6.41. The topological polar surface area (TPSA) is 9.23 Å². The van der Waals surface area contributed by atoms with Gasteiger partial charge in [-0.3, -0.25) is 0 Å². The molecule has 0 aromatic carbocycles. The van der Waals surface area contributed by atoms with Crippen LogP contribution in [0.1, 0.15) is 12.8 Å². The van der Waals surface area contributed by atoms with Crippen LogP contribution in [0.25, 0.3) is 0 Å². The first-order valence-electron chi connectivity index (χ1n) is 3.98. The first-order chi connectivity index (χ1) is 5.29. The van der Waals surface area contributed by atoms with Crippen LogP contribution in [-0.2, 0) is 4.74 Å². The van der Waals surface area contributed by atoms with Gasteiger partial charge in [-0.05, 0) is 12.8 Å². The zero-order chi connectivity index (χ0) is 7.95. The van der Waals surface area contributed by atoms with Crippen molar-refractivity contribution in [1.82, 2.24) is 0 Å². The van der Waals surface area contributed by atoms with E-state index in [4.69, 9.17) is 4.74 Å². The third-order valence-electron chi connectivity index (χ3n) is 3.48. The van der Waals surface area contributed by atoms with Gasteiger partial charge in [0, 0.05) is 19.7 Å². The lowest BCUT2D eigenvalue weighted by Gasteiger charge is -2.52. The lowest BCUT2D eigenvalue weighted by molar-refractivity contribution is 0.0198. The van der Waals surface area contributed by atoms with Gasteiger partial charge in [-0.2, -0.15) is 0 Å². The molecule has 1 aliphatic carbocycles.